The Labute approximate surface area is 116 Å². The van der Waals surface area contributed by atoms with Gasteiger partial charge in [0.2, 0.25) is 0 Å². The fourth-order valence-corrected chi connectivity index (χ4v) is 2.04. The lowest BCUT2D eigenvalue weighted by atomic mass is 10.1. The van der Waals surface area contributed by atoms with E-state index >= 15 is 0 Å². The highest BCUT2D eigenvalue weighted by Crippen LogP contribution is 2.30. The van der Waals surface area contributed by atoms with Crippen molar-refractivity contribution in [3.05, 3.63) is 57.9 Å². The van der Waals surface area contributed by atoms with Gasteiger partial charge >= 0.3 is 5.69 Å². The number of aromatic nitrogens is 1. The van der Waals surface area contributed by atoms with E-state index in [4.69, 9.17) is 5.73 Å². The van der Waals surface area contributed by atoms with Crippen LogP contribution >= 0.6 is 0 Å². The Morgan fingerprint density at radius 2 is 2.15 bits per heavy atom. The maximum absolute atomic E-state index is 11.0. The molecule has 6 nitrogen and oxygen atoms in total. The molecule has 0 spiro atoms. The second-order valence-corrected chi connectivity index (χ2v) is 4.32. The van der Waals surface area contributed by atoms with Crippen LogP contribution in [0, 0.1) is 10.1 Å². The topological polar surface area (TPSA) is 94.1 Å². The number of benzene rings is 1. The first-order chi connectivity index (χ1) is 9.63. The lowest BCUT2D eigenvalue weighted by Crippen LogP contribution is -2.07. The minimum absolute atomic E-state index is 0.0959. The largest absolute Gasteiger partial charge is 0.393 e. The van der Waals surface area contributed by atoms with Gasteiger partial charge in [-0.3, -0.25) is 15.1 Å². The van der Waals surface area contributed by atoms with Crippen molar-refractivity contribution in [3.63, 3.8) is 0 Å². The number of hydrogen-bond donors (Lipinski definition) is 2. The second-order valence-electron chi connectivity index (χ2n) is 4.32. The molecule has 0 aliphatic carbocycles. The first kappa shape index (κ1) is 13.8. The van der Waals surface area contributed by atoms with E-state index in [1.54, 1.807) is 18.3 Å². The molecule has 0 unspecified atom stereocenters. The predicted octanol–water partition coefficient (Wildman–Crippen LogP) is 2.75. The van der Waals surface area contributed by atoms with Gasteiger partial charge in [0.1, 0.15) is 11.4 Å². The zero-order valence-corrected chi connectivity index (χ0v) is 11.2. The van der Waals surface area contributed by atoms with Crippen LogP contribution in [0.25, 0.3) is 0 Å². The molecule has 0 bridgehead atoms. The van der Waals surface area contributed by atoms with Crippen molar-refractivity contribution in [2.24, 2.45) is 0 Å². The van der Waals surface area contributed by atoms with E-state index in [9.17, 15) is 10.1 Å². The van der Waals surface area contributed by atoms with Crippen molar-refractivity contribution in [2.45, 2.75) is 19.9 Å². The van der Waals surface area contributed by atoms with Gasteiger partial charge in [-0.15, -0.1) is 0 Å². The molecular weight excluding hydrogens is 256 g/mol. The molecule has 6 heteroatoms. The van der Waals surface area contributed by atoms with Gasteiger partial charge in [-0.1, -0.05) is 19.1 Å². The SMILES string of the molecule is CCc1cccnc1CNc1cccc(N)c1[N+](=O)[O-]. The first-order valence-corrected chi connectivity index (χ1v) is 6.33. The molecule has 1 heterocycles. The molecule has 1 aromatic carbocycles. The van der Waals surface area contributed by atoms with Crippen LogP contribution in [-0.4, -0.2) is 9.91 Å². The fraction of sp³-hybridized carbons (Fsp3) is 0.214. The summed E-state index contributed by atoms with van der Waals surface area (Å²) in [6.45, 7) is 2.47. The van der Waals surface area contributed by atoms with Crippen molar-refractivity contribution < 1.29 is 4.92 Å². The van der Waals surface area contributed by atoms with Crippen LogP contribution in [0.4, 0.5) is 17.1 Å². The number of nitrogens with zero attached hydrogens (tertiary/aromatic N) is 2. The normalized spacial score (nSPS) is 10.2. The van der Waals surface area contributed by atoms with Gasteiger partial charge < -0.3 is 11.1 Å². The summed E-state index contributed by atoms with van der Waals surface area (Å²) in [7, 11) is 0. The molecule has 1 aromatic heterocycles. The van der Waals surface area contributed by atoms with Crippen LogP contribution in [-0.2, 0) is 13.0 Å². The molecule has 0 saturated carbocycles. The Kier molecular flexibility index (Phi) is 4.14. The summed E-state index contributed by atoms with van der Waals surface area (Å²) in [5.74, 6) is 0. The maximum atomic E-state index is 11.0. The molecule has 0 amide bonds. The number of hydrogen-bond acceptors (Lipinski definition) is 5. The third kappa shape index (κ3) is 2.85. The molecule has 3 N–H and O–H groups in total. The van der Waals surface area contributed by atoms with Gasteiger partial charge in [0, 0.05) is 6.20 Å². The fourth-order valence-electron chi connectivity index (χ4n) is 2.04. The van der Waals surface area contributed by atoms with Gasteiger partial charge in [-0.2, -0.15) is 0 Å². The average Bonchev–Trinajstić information content (AvgIpc) is 2.45. The molecule has 0 radical (unpaired) electrons. The molecule has 20 heavy (non-hydrogen) atoms. The van der Waals surface area contributed by atoms with Crippen LogP contribution in [0.3, 0.4) is 0 Å². The average molecular weight is 272 g/mol. The van der Waals surface area contributed by atoms with E-state index in [2.05, 4.69) is 10.3 Å². The molecular formula is C14H16N4O2. The highest BCUT2D eigenvalue weighted by Gasteiger charge is 2.17. The molecule has 104 valence electrons. The third-order valence-corrected chi connectivity index (χ3v) is 3.06. The lowest BCUT2D eigenvalue weighted by Gasteiger charge is -2.10. The van der Waals surface area contributed by atoms with E-state index in [1.165, 1.54) is 6.07 Å². The smallest absolute Gasteiger partial charge is 0.314 e. The third-order valence-electron chi connectivity index (χ3n) is 3.06. The molecule has 0 fully saturated rings. The standard InChI is InChI=1S/C14H16N4O2/c1-2-10-5-4-8-16-13(10)9-17-12-7-3-6-11(15)14(12)18(19)20/h3-8,17H,2,9,15H2,1H3. The van der Waals surface area contributed by atoms with E-state index in [1.807, 2.05) is 19.1 Å². The van der Waals surface area contributed by atoms with E-state index in [-0.39, 0.29) is 11.4 Å². The monoisotopic (exact) mass is 272 g/mol. The summed E-state index contributed by atoms with van der Waals surface area (Å²) >= 11 is 0. The van der Waals surface area contributed by atoms with E-state index in [0.717, 1.165) is 17.7 Å². The molecule has 0 aliphatic rings. The van der Waals surface area contributed by atoms with E-state index in [0.29, 0.717) is 12.2 Å². The highest BCUT2D eigenvalue weighted by molar-refractivity contribution is 5.74. The van der Waals surface area contributed by atoms with E-state index < -0.39 is 4.92 Å². The molecule has 2 rings (SSSR count). The second kappa shape index (κ2) is 6.01. The summed E-state index contributed by atoms with van der Waals surface area (Å²) in [5, 5.41) is 14.1. The zero-order valence-electron chi connectivity index (χ0n) is 11.2. The number of nitro groups is 1. The highest BCUT2D eigenvalue weighted by atomic mass is 16.6. The number of nitro benzene ring substituents is 1. The Bertz CT molecular complexity index is 628. The van der Waals surface area contributed by atoms with Crippen LogP contribution in [0.2, 0.25) is 0 Å². The summed E-state index contributed by atoms with van der Waals surface area (Å²) in [5.41, 5.74) is 8.11. The summed E-state index contributed by atoms with van der Waals surface area (Å²) in [6, 6.07) is 8.72. The Hall–Kier alpha value is -2.63. The molecule has 2 aromatic rings. The zero-order chi connectivity index (χ0) is 14.5. The van der Waals surface area contributed by atoms with Crippen LogP contribution < -0.4 is 11.1 Å². The summed E-state index contributed by atoms with van der Waals surface area (Å²) < 4.78 is 0. The van der Waals surface area contributed by atoms with Crippen LogP contribution in [0.5, 0.6) is 0 Å². The summed E-state index contributed by atoms with van der Waals surface area (Å²) in [4.78, 5) is 14.9. The lowest BCUT2D eigenvalue weighted by molar-refractivity contribution is -0.383. The van der Waals surface area contributed by atoms with Crippen LogP contribution in [0.15, 0.2) is 36.5 Å². The Morgan fingerprint density at radius 3 is 2.85 bits per heavy atom. The Morgan fingerprint density at radius 1 is 1.35 bits per heavy atom. The minimum Gasteiger partial charge on any atom is -0.393 e. The number of anilines is 2. The number of para-hydroxylation sites is 1. The van der Waals surface area contributed by atoms with Crippen LogP contribution in [0.1, 0.15) is 18.2 Å². The molecule has 0 aliphatic heterocycles. The van der Waals surface area contributed by atoms with Gasteiger partial charge in [0.05, 0.1) is 17.2 Å². The van der Waals surface area contributed by atoms with Crippen molar-refractivity contribution in [1.29, 1.82) is 0 Å². The van der Waals surface area contributed by atoms with Crippen molar-refractivity contribution >= 4 is 17.1 Å². The van der Waals surface area contributed by atoms with Gasteiger partial charge in [0.25, 0.3) is 0 Å². The quantitative estimate of drug-likeness (QED) is 0.496. The number of aryl methyl sites for hydroxylation is 1. The molecule has 0 atom stereocenters. The number of pyridine rings is 1. The number of nitrogens with one attached hydrogen (secondary N) is 1. The number of nitrogens with two attached hydrogens (primary N) is 1. The first-order valence-electron chi connectivity index (χ1n) is 6.33. The predicted molar refractivity (Wildman–Crippen MR) is 78.5 cm³/mol. The van der Waals surface area contributed by atoms with Gasteiger partial charge in [0.15, 0.2) is 0 Å². The number of rotatable bonds is 5. The Balaban J connectivity index is 2.23. The van der Waals surface area contributed by atoms with Gasteiger partial charge in [-0.05, 0) is 30.2 Å². The van der Waals surface area contributed by atoms with Gasteiger partial charge in [-0.25, -0.2) is 0 Å². The maximum Gasteiger partial charge on any atom is 0.314 e. The minimum atomic E-state index is -0.475. The van der Waals surface area contributed by atoms with Crippen molar-refractivity contribution in [1.82, 2.24) is 4.98 Å². The molecule has 0 saturated heterocycles. The van der Waals surface area contributed by atoms with Crippen molar-refractivity contribution in [3.8, 4) is 0 Å². The number of nitrogen functional groups attached to an aromatic ring is 1. The summed E-state index contributed by atoms with van der Waals surface area (Å²) in [6.07, 6.45) is 2.58. The van der Waals surface area contributed by atoms with Crippen molar-refractivity contribution in [2.75, 3.05) is 11.1 Å².